The summed E-state index contributed by atoms with van der Waals surface area (Å²) < 4.78 is 0. The Hall–Kier alpha value is -2.22. The van der Waals surface area contributed by atoms with Gasteiger partial charge < -0.3 is 0 Å². The van der Waals surface area contributed by atoms with Gasteiger partial charge in [-0.25, -0.2) is 0 Å². The fourth-order valence-corrected chi connectivity index (χ4v) is 4.99. The van der Waals surface area contributed by atoms with Crippen LogP contribution in [0.25, 0.3) is 0 Å². The minimum absolute atomic E-state index is 0.516. The minimum atomic E-state index is 0.516. The molecule has 0 bridgehead atoms. The minimum Gasteiger partial charge on any atom is -0.158 e. The van der Waals surface area contributed by atoms with Crippen LogP contribution in [0, 0.1) is 17.8 Å². The van der Waals surface area contributed by atoms with E-state index in [1.165, 1.54) is 61.8 Å². The van der Waals surface area contributed by atoms with Crippen LogP contribution < -0.4 is 0 Å². The molecule has 0 aromatic heterocycles. The first kappa shape index (κ1) is 22.5. The SMILES string of the molecule is CCCC(CC)[C@H]1CC[C@H](C(=NN=Cc2ccc(CC)cc2)c2ccccc2)CC1. The van der Waals surface area contributed by atoms with Crippen molar-refractivity contribution in [2.45, 2.75) is 72.1 Å². The second-order valence-electron chi connectivity index (χ2n) is 8.76. The van der Waals surface area contributed by atoms with Crippen LogP contribution >= 0.6 is 0 Å². The van der Waals surface area contributed by atoms with Crippen molar-refractivity contribution in [1.29, 1.82) is 0 Å². The van der Waals surface area contributed by atoms with E-state index in [9.17, 15) is 0 Å². The summed E-state index contributed by atoms with van der Waals surface area (Å²) in [6.07, 6.45) is 12.1. The van der Waals surface area contributed by atoms with Gasteiger partial charge in [-0.15, -0.1) is 0 Å². The quantitative estimate of drug-likeness (QED) is 0.303. The van der Waals surface area contributed by atoms with E-state index < -0.39 is 0 Å². The first-order chi connectivity index (χ1) is 14.7. The summed E-state index contributed by atoms with van der Waals surface area (Å²) in [5.41, 5.74) is 4.85. The highest BCUT2D eigenvalue weighted by molar-refractivity contribution is 6.02. The van der Waals surface area contributed by atoms with Crippen molar-refractivity contribution in [3.63, 3.8) is 0 Å². The van der Waals surface area contributed by atoms with Crippen LogP contribution in [-0.2, 0) is 6.42 Å². The summed E-state index contributed by atoms with van der Waals surface area (Å²) in [4.78, 5) is 0. The molecule has 1 aliphatic rings. The van der Waals surface area contributed by atoms with E-state index in [1.54, 1.807) is 0 Å². The lowest BCUT2D eigenvalue weighted by Crippen LogP contribution is -2.26. The summed E-state index contributed by atoms with van der Waals surface area (Å²) in [6, 6.07) is 19.3. The third kappa shape index (κ3) is 6.14. The molecule has 2 aromatic carbocycles. The predicted octanol–water partition coefficient (Wildman–Crippen LogP) is 7.70. The van der Waals surface area contributed by atoms with Gasteiger partial charge in [0.2, 0.25) is 0 Å². The maximum Gasteiger partial charge on any atom is 0.0733 e. The summed E-state index contributed by atoms with van der Waals surface area (Å²) in [5.74, 6) is 2.31. The summed E-state index contributed by atoms with van der Waals surface area (Å²) >= 11 is 0. The lowest BCUT2D eigenvalue weighted by atomic mass is 9.72. The summed E-state index contributed by atoms with van der Waals surface area (Å²) in [6.45, 7) is 6.87. The van der Waals surface area contributed by atoms with Crippen molar-refractivity contribution in [3.8, 4) is 0 Å². The number of hydrogen-bond donors (Lipinski definition) is 0. The lowest BCUT2D eigenvalue weighted by molar-refractivity contribution is 0.212. The monoisotopic (exact) mass is 402 g/mol. The van der Waals surface area contributed by atoms with Crippen molar-refractivity contribution in [3.05, 3.63) is 71.3 Å². The van der Waals surface area contributed by atoms with E-state index in [0.717, 1.165) is 23.8 Å². The normalized spacial score (nSPS) is 21.1. The Labute approximate surface area is 183 Å². The highest BCUT2D eigenvalue weighted by atomic mass is 15.2. The Balaban J connectivity index is 1.73. The Morgan fingerprint density at radius 3 is 2.23 bits per heavy atom. The van der Waals surface area contributed by atoms with E-state index in [2.05, 4.69) is 80.5 Å². The smallest absolute Gasteiger partial charge is 0.0733 e. The molecule has 30 heavy (non-hydrogen) atoms. The van der Waals surface area contributed by atoms with Crippen LogP contribution in [0.4, 0.5) is 0 Å². The molecule has 1 saturated carbocycles. The van der Waals surface area contributed by atoms with Crippen LogP contribution in [-0.4, -0.2) is 11.9 Å². The van der Waals surface area contributed by atoms with Crippen LogP contribution in [0.15, 0.2) is 64.8 Å². The third-order valence-electron chi connectivity index (χ3n) is 6.84. The molecule has 0 N–H and O–H groups in total. The van der Waals surface area contributed by atoms with E-state index >= 15 is 0 Å². The number of aryl methyl sites for hydroxylation is 1. The predicted molar refractivity (Wildman–Crippen MR) is 131 cm³/mol. The van der Waals surface area contributed by atoms with Crippen LogP contribution in [0.5, 0.6) is 0 Å². The zero-order valence-electron chi connectivity index (χ0n) is 19.1. The van der Waals surface area contributed by atoms with Gasteiger partial charge in [-0.1, -0.05) is 94.6 Å². The van der Waals surface area contributed by atoms with E-state index in [4.69, 9.17) is 5.10 Å². The van der Waals surface area contributed by atoms with Crippen molar-refractivity contribution >= 4 is 11.9 Å². The van der Waals surface area contributed by atoms with Gasteiger partial charge in [-0.05, 0) is 60.6 Å². The summed E-state index contributed by atoms with van der Waals surface area (Å²) in [7, 11) is 0. The fraction of sp³-hybridized carbons (Fsp3) is 0.500. The highest BCUT2D eigenvalue weighted by Crippen LogP contribution is 2.38. The molecule has 2 heteroatoms. The van der Waals surface area contributed by atoms with Crippen molar-refractivity contribution in [2.24, 2.45) is 28.0 Å². The number of benzene rings is 2. The zero-order valence-corrected chi connectivity index (χ0v) is 19.1. The van der Waals surface area contributed by atoms with Crippen molar-refractivity contribution in [1.82, 2.24) is 0 Å². The van der Waals surface area contributed by atoms with Crippen LogP contribution in [0.2, 0.25) is 0 Å². The average Bonchev–Trinajstić information content (AvgIpc) is 2.81. The first-order valence-electron chi connectivity index (χ1n) is 12.0. The molecule has 0 saturated heterocycles. The molecule has 0 spiro atoms. The average molecular weight is 403 g/mol. The maximum absolute atomic E-state index is 4.77. The molecule has 2 aromatic rings. The van der Waals surface area contributed by atoms with Crippen LogP contribution in [0.1, 0.15) is 82.4 Å². The Kier molecular flexibility index (Phi) is 8.86. The number of nitrogens with zero attached hydrogens (tertiary/aromatic N) is 2. The van der Waals surface area contributed by atoms with Gasteiger partial charge >= 0.3 is 0 Å². The molecule has 0 radical (unpaired) electrons. The van der Waals surface area contributed by atoms with E-state index in [1.807, 2.05) is 6.21 Å². The molecule has 0 aliphatic heterocycles. The largest absolute Gasteiger partial charge is 0.158 e. The van der Waals surface area contributed by atoms with Gasteiger partial charge in [0.05, 0.1) is 11.9 Å². The molecule has 1 fully saturated rings. The van der Waals surface area contributed by atoms with Gasteiger partial charge in [0.25, 0.3) is 0 Å². The maximum atomic E-state index is 4.77. The molecule has 1 aliphatic carbocycles. The Morgan fingerprint density at radius 2 is 1.63 bits per heavy atom. The first-order valence-corrected chi connectivity index (χ1v) is 12.0. The standard InChI is InChI=1S/C28H38N2/c1-4-10-24(6-3)25-17-19-27(20-18-25)28(26-11-8-7-9-12-26)30-29-21-23-15-13-22(5-2)14-16-23/h7-9,11-16,21,24-25,27H,4-6,10,17-20H2,1-3H3/t24?,25-,27-. The van der Waals surface area contributed by atoms with E-state index in [-0.39, 0.29) is 0 Å². The Morgan fingerprint density at radius 1 is 0.933 bits per heavy atom. The van der Waals surface area contributed by atoms with Gasteiger partial charge in [0.15, 0.2) is 0 Å². The molecule has 2 nitrogen and oxygen atoms in total. The second kappa shape index (κ2) is 11.8. The van der Waals surface area contributed by atoms with Gasteiger partial charge in [-0.3, -0.25) is 0 Å². The molecule has 160 valence electrons. The second-order valence-corrected chi connectivity index (χ2v) is 8.76. The molecule has 1 unspecified atom stereocenters. The zero-order chi connectivity index (χ0) is 21.2. The highest BCUT2D eigenvalue weighted by Gasteiger charge is 2.29. The lowest BCUT2D eigenvalue weighted by Gasteiger charge is -2.34. The molecule has 0 heterocycles. The molecular weight excluding hydrogens is 364 g/mol. The van der Waals surface area contributed by atoms with Crippen LogP contribution in [0.3, 0.4) is 0 Å². The van der Waals surface area contributed by atoms with Gasteiger partial charge in [0.1, 0.15) is 0 Å². The van der Waals surface area contributed by atoms with Gasteiger partial charge in [-0.2, -0.15) is 10.2 Å². The van der Waals surface area contributed by atoms with Gasteiger partial charge in [0, 0.05) is 5.92 Å². The van der Waals surface area contributed by atoms with E-state index in [0.29, 0.717) is 5.92 Å². The molecular formula is C28H38N2. The fourth-order valence-electron chi connectivity index (χ4n) is 4.99. The van der Waals surface area contributed by atoms with Crippen molar-refractivity contribution in [2.75, 3.05) is 0 Å². The Bertz CT molecular complexity index is 796. The molecule has 0 amide bonds. The third-order valence-corrected chi connectivity index (χ3v) is 6.84. The topological polar surface area (TPSA) is 24.7 Å². The van der Waals surface area contributed by atoms with Crippen molar-refractivity contribution < 1.29 is 0 Å². The summed E-state index contributed by atoms with van der Waals surface area (Å²) in [5, 5.41) is 9.28. The number of rotatable bonds is 9. The molecule has 3 rings (SSSR count). The number of hydrogen-bond acceptors (Lipinski definition) is 2. The molecule has 1 atom stereocenters.